The van der Waals surface area contributed by atoms with Gasteiger partial charge in [0.05, 0.1) is 31.0 Å². The third-order valence-electron chi connectivity index (χ3n) is 8.85. The molecule has 4 aliphatic heterocycles. The maximum atomic E-state index is 6.63. The van der Waals surface area contributed by atoms with Crippen LogP contribution in [0, 0.1) is 5.92 Å². The fourth-order valence-corrected chi connectivity index (χ4v) is 7.16. The first-order valence-corrected chi connectivity index (χ1v) is 15.0. The summed E-state index contributed by atoms with van der Waals surface area (Å²) >= 11 is 6.63. The summed E-state index contributed by atoms with van der Waals surface area (Å²) in [6.45, 7) is 6.92. The Morgan fingerprint density at radius 2 is 1.80 bits per heavy atom. The van der Waals surface area contributed by atoms with Crippen LogP contribution in [0.5, 0.6) is 6.01 Å². The second-order valence-corrected chi connectivity index (χ2v) is 12.0. The molecule has 2 bridgehead atoms. The van der Waals surface area contributed by atoms with Crippen molar-refractivity contribution in [2.24, 2.45) is 5.92 Å². The first-order chi connectivity index (χ1) is 19.5. The van der Waals surface area contributed by atoms with E-state index in [-0.39, 0.29) is 0 Å². The van der Waals surface area contributed by atoms with Crippen LogP contribution >= 0.6 is 11.6 Å². The monoisotopic (exact) mass is 564 g/mol. The summed E-state index contributed by atoms with van der Waals surface area (Å²) in [5.41, 5.74) is 3.43. The van der Waals surface area contributed by atoms with Gasteiger partial charge in [0.2, 0.25) is 0 Å². The van der Waals surface area contributed by atoms with E-state index in [1.54, 1.807) is 14.2 Å². The molecule has 2 aromatic carbocycles. The zero-order chi connectivity index (χ0) is 27.6. The van der Waals surface area contributed by atoms with E-state index in [4.69, 9.17) is 31.0 Å². The molecule has 8 nitrogen and oxygen atoms in total. The Morgan fingerprint density at radius 3 is 2.52 bits per heavy atom. The molecule has 0 amide bonds. The number of halogens is 1. The topological polar surface area (TPSA) is 66.0 Å². The Bertz CT molecular complexity index is 1330. The first-order valence-electron chi connectivity index (χ1n) is 14.6. The van der Waals surface area contributed by atoms with Crippen molar-refractivity contribution in [3.05, 3.63) is 52.7 Å². The van der Waals surface area contributed by atoms with Crippen molar-refractivity contribution in [3.63, 3.8) is 0 Å². The third-order valence-corrected chi connectivity index (χ3v) is 9.17. The number of hydrogen-bond acceptors (Lipinski definition) is 8. The van der Waals surface area contributed by atoms with Gasteiger partial charge in [-0.05, 0) is 63.3 Å². The van der Waals surface area contributed by atoms with Gasteiger partial charge in [-0.2, -0.15) is 9.97 Å². The van der Waals surface area contributed by atoms with Gasteiger partial charge in [0, 0.05) is 61.4 Å². The lowest BCUT2D eigenvalue weighted by molar-refractivity contribution is 0.147. The number of methoxy groups -OCH3 is 2. The summed E-state index contributed by atoms with van der Waals surface area (Å²) in [5.74, 6) is 1.58. The predicted molar refractivity (Wildman–Crippen MR) is 162 cm³/mol. The highest BCUT2D eigenvalue weighted by atomic mass is 35.5. The second kappa shape index (κ2) is 12.1. The van der Waals surface area contributed by atoms with Crippen LogP contribution < -0.4 is 19.9 Å². The van der Waals surface area contributed by atoms with E-state index in [1.165, 1.54) is 31.5 Å². The van der Waals surface area contributed by atoms with Crippen LogP contribution in [0.2, 0.25) is 5.02 Å². The maximum absolute atomic E-state index is 6.63. The van der Waals surface area contributed by atoms with Gasteiger partial charge in [0.1, 0.15) is 5.82 Å². The lowest BCUT2D eigenvalue weighted by Gasteiger charge is -2.38. The standard InChI is InChI=1S/C26H30ClN5O2.C5H11N/c1-33-15-17-11-18-12-32(13-21(17)28-18)25-19-9-10-31(14-22(19)29-26(30-25)34-2)23-8-4-6-16-5-3-7-20(27)24(16)23;1-6-4-2-3-5-6/h3-8,17-18,21,28H,9-15H2,1-2H3;2-5H2,1H3/t17-,18?,21?;/m1./s1. The van der Waals surface area contributed by atoms with Crippen LogP contribution in [-0.2, 0) is 17.7 Å². The van der Waals surface area contributed by atoms with E-state index < -0.39 is 0 Å². The fraction of sp³-hybridized carbons (Fsp3) is 0.548. The number of benzene rings is 2. The molecule has 2 unspecified atom stereocenters. The molecule has 40 heavy (non-hydrogen) atoms. The van der Waals surface area contributed by atoms with Crippen LogP contribution in [0.1, 0.15) is 30.5 Å². The van der Waals surface area contributed by atoms with Crippen LogP contribution in [0.25, 0.3) is 10.8 Å². The van der Waals surface area contributed by atoms with Gasteiger partial charge in [-0.15, -0.1) is 0 Å². The number of ether oxygens (including phenoxy) is 2. The summed E-state index contributed by atoms with van der Waals surface area (Å²) < 4.78 is 11.0. The van der Waals surface area contributed by atoms with Crippen molar-refractivity contribution in [3.8, 4) is 6.01 Å². The molecule has 0 radical (unpaired) electrons. The Kier molecular flexibility index (Phi) is 8.30. The van der Waals surface area contributed by atoms with E-state index in [0.29, 0.717) is 30.6 Å². The molecule has 3 atom stereocenters. The second-order valence-electron chi connectivity index (χ2n) is 11.6. The number of piperazine rings is 1. The minimum atomic E-state index is 0.424. The van der Waals surface area contributed by atoms with Gasteiger partial charge in [-0.3, -0.25) is 0 Å². The zero-order valence-electron chi connectivity index (χ0n) is 23.9. The number of anilines is 2. The van der Waals surface area contributed by atoms with Gasteiger partial charge < -0.3 is 29.5 Å². The molecule has 3 saturated heterocycles. The number of likely N-dealkylation sites (tertiary alicyclic amines) is 1. The molecule has 4 aliphatic rings. The summed E-state index contributed by atoms with van der Waals surface area (Å²) in [5, 5.41) is 6.79. The quantitative estimate of drug-likeness (QED) is 0.490. The molecule has 0 saturated carbocycles. The summed E-state index contributed by atoms with van der Waals surface area (Å²) in [4.78, 5) is 16.8. The van der Waals surface area contributed by atoms with E-state index in [9.17, 15) is 0 Å². The Labute approximate surface area is 242 Å². The highest BCUT2D eigenvalue weighted by Gasteiger charge is 2.41. The smallest absolute Gasteiger partial charge is 0.318 e. The van der Waals surface area contributed by atoms with Gasteiger partial charge in [-0.1, -0.05) is 35.9 Å². The number of aromatic nitrogens is 2. The molecular formula is C31H41ClN6O2. The maximum Gasteiger partial charge on any atom is 0.318 e. The third kappa shape index (κ3) is 5.59. The van der Waals surface area contributed by atoms with E-state index in [0.717, 1.165) is 72.1 Å². The number of nitrogens with one attached hydrogen (secondary N) is 1. The molecule has 214 valence electrons. The van der Waals surface area contributed by atoms with Gasteiger partial charge in [0.25, 0.3) is 0 Å². The van der Waals surface area contributed by atoms with Gasteiger partial charge in [0.15, 0.2) is 0 Å². The summed E-state index contributed by atoms with van der Waals surface area (Å²) in [6, 6.07) is 13.8. The Hall–Kier alpha value is -2.65. The van der Waals surface area contributed by atoms with Crippen molar-refractivity contribution in [1.82, 2.24) is 20.2 Å². The van der Waals surface area contributed by atoms with Crippen LogP contribution in [0.4, 0.5) is 11.5 Å². The number of fused-ring (bicyclic) bond motifs is 4. The Balaban J connectivity index is 0.000000429. The summed E-state index contributed by atoms with van der Waals surface area (Å²) in [6.07, 6.45) is 4.86. The molecule has 5 heterocycles. The minimum absolute atomic E-state index is 0.424. The molecule has 7 rings (SSSR count). The molecule has 1 N–H and O–H groups in total. The average Bonchev–Trinajstić information content (AvgIpc) is 3.57. The van der Waals surface area contributed by atoms with E-state index in [1.807, 2.05) is 12.1 Å². The lowest BCUT2D eigenvalue weighted by Crippen LogP contribution is -2.53. The molecule has 9 heteroatoms. The molecule has 0 aliphatic carbocycles. The van der Waals surface area contributed by atoms with Crippen LogP contribution in [0.3, 0.4) is 0 Å². The summed E-state index contributed by atoms with van der Waals surface area (Å²) in [7, 11) is 5.61. The van der Waals surface area contributed by atoms with Crippen molar-refractivity contribution in [1.29, 1.82) is 0 Å². The lowest BCUT2D eigenvalue weighted by atomic mass is 10.0. The Morgan fingerprint density at radius 1 is 1.00 bits per heavy atom. The molecule has 3 fully saturated rings. The van der Waals surface area contributed by atoms with Crippen molar-refractivity contribution in [2.75, 3.05) is 70.4 Å². The highest BCUT2D eigenvalue weighted by Crippen LogP contribution is 2.38. The van der Waals surface area contributed by atoms with E-state index >= 15 is 0 Å². The fourth-order valence-electron chi connectivity index (χ4n) is 6.88. The molecular weight excluding hydrogens is 524 g/mol. The van der Waals surface area contributed by atoms with Crippen molar-refractivity contribution < 1.29 is 9.47 Å². The molecule has 0 spiro atoms. The molecule has 1 aromatic heterocycles. The number of hydrogen-bond donors (Lipinski definition) is 1. The van der Waals surface area contributed by atoms with Crippen LogP contribution in [0.15, 0.2) is 36.4 Å². The zero-order valence-corrected chi connectivity index (χ0v) is 24.7. The number of rotatable bonds is 5. The average molecular weight is 565 g/mol. The molecule has 3 aromatic rings. The van der Waals surface area contributed by atoms with Gasteiger partial charge in [-0.25, -0.2) is 0 Å². The SMILES string of the molecule is CN1CCCC1.COC[C@H]1CC2CN(c3nc(OC)nc4c3CCN(c3cccc5cccc(Cl)c35)C4)CC1N2. The predicted octanol–water partition coefficient (Wildman–Crippen LogP) is 4.38. The van der Waals surface area contributed by atoms with Crippen molar-refractivity contribution in [2.45, 2.75) is 44.3 Å². The van der Waals surface area contributed by atoms with Crippen molar-refractivity contribution >= 4 is 33.9 Å². The number of nitrogens with zero attached hydrogens (tertiary/aromatic N) is 5. The van der Waals surface area contributed by atoms with Crippen LogP contribution in [-0.4, -0.2) is 87.5 Å². The van der Waals surface area contributed by atoms with E-state index in [2.05, 4.69) is 51.3 Å². The van der Waals surface area contributed by atoms with Gasteiger partial charge >= 0.3 is 6.01 Å². The highest BCUT2D eigenvalue weighted by molar-refractivity contribution is 6.36. The first kappa shape index (κ1) is 27.5. The normalized spacial score (nSPS) is 24.1. The minimum Gasteiger partial charge on any atom is -0.467 e. The largest absolute Gasteiger partial charge is 0.467 e.